The highest BCUT2D eigenvalue weighted by molar-refractivity contribution is 6.04. The molecule has 0 spiro atoms. The molecule has 67 heavy (non-hydrogen) atoms. The van der Waals surface area contributed by atoms with Crippen LogP contribution in [0.5, 0.6) is 11.5 Å². The molecule has 0 saturated carbocycles. The van der Waals surface area contributed by atoms with Crippen molar-refractivity contribution in [3.05, 3.63) is 223 Å². The summed E-state index contributed by atoms with van der Waals surface area (Å²) in [4.78, 5) is 26.4. The van der Waals surface area contributed by atoms with E-state index in [1.54, 1.807) is 24.3 Å². The van der Waals surface area contributed by atoms with Crippen LogP contribution in [-0.4, -0.2) is 45.4 Å². The van der Waals surface area contributed by atoms with Gasteiger partial charge < -0.3 is 14.4 Å². The third kappa shape index (κ3) is 10.1. The third-order valence-corrected chi connectivity index (χ3v) is 13.0. The van der Waals surface area contributed by atoms with Gasteiger partial charge in [0, 0.05) is 71.7 Å². The summed E-state index contributed by atoms with van der Waals surface area (Å²) < 4.78 is 14.2. The first-order chi connectivity index (χ1) is 32.2. The summed E-state index contributed by atoms with van der Waals surface area (Å²) in [6.07, 6.45) is 9.30. The summed E-state index contributed by atoms with van der Waals surface area (Å²) >= 11 is 0. The predicted molar refractivity (Wildman–Crippen MR) is 267 cm³/mol. The Hall–Kier alpha value is -7.33. The number of nitro groups is 2. The predicted octanol–water partition coefficient (Wildman–Crippen LogP) is 12.6. The minimum atomic E-state index is -0.648. The van der Waals surface area contributed by atoms with Crippen molar-refractivity contribution >= 4 is 28.5 Å². The van der Waals surface area contributed by atoms with Gasteiger partial charge in [0.2, 0.25) is 5.69 Å². The largest absolute Gasteiger partial charge is 0.491 e. The number of fused-ring (bicyclic) bond motifs is 2. The van der Waals surface area contributed by atoms with Crippen LogP contribution in [0.15, 0.2) is 170 Å². The van der Waals surface area contributed by atoms with E-state index in [0.29, 0.717) is 25.9 Å². The molecule has 0 amide bonds. The number of non-ortho nitro benzene ring substituents is 2. The fourth-order valence-electron chi connectivity index (χ4n) is 9.90. The van der Waals surface area contributed by atoms with E-state index < -0.39 is 10.8 Å². The van der Waals surface area contributed by atoms with Gasteiger partial charge in [0.05, 0.1) is 27.5 Å². The van der Waals surface area contributed by atoms with Gasteiger partial charge in [0.25, 0.3) is 11.4 Å². The van der Waals surface area contributed by atoms with Crippen molar-refractivity contribution in [1.29, 1.82) is 0 Å². The molecule has 2 aliphatic heterocycles. The molecule has 6 aromatic rings. The summed E-state index contributed by atoms with van der Waals surface area (Å²) in [5, 5.41) is 24.7. The number of rotatable bonds is 18. The second kappa shape index (κ2) is 19.6. The van der Waals surface area contributed by atoms with E-state index in [4.69, 9.17) is 9.47 Å². The lowest BCUT2D eigenvalue weighted by Gasteiger charge is -2.31. The van der Waals surface area contributed by atoms with E-state index in [-0.39, 0.29) is 33.4 Å². The minimum absolute atomic E-state index is 0.0540. The van der Waals surface area contributed by atoms with Crippen LogP contribution < -0.4 is 14.4 Å². The van der Waals surface area contributed by atoms with Crippen LogP contribution in [-0.2, 0) is 36.5 Å². The Morgan fingerprint density at radius 3 is 1.66 bits per heavy atom. The van der Waals surface area contributed by atoms with Crippen LogP contribution in [0, 0.1) is 20.2 Å². The van der Waals surface area contributed by atoms with Crippen molar-refractivity contribution in [1.82, 2.24) is 0 Å². The van der Waals surface area contributed by atoms with Crippen molar-refractivity contribution in [2.75, 3.05) is 18.0 Å². The molecule has 6 aromatic carbocycles. The standard InChI is InChI=1S/C57H59N4O6/c1-40(2)66-48-26-20-42(21-27-48)32-34-58-52-30-24-46(60(62)63)36-50(52)56(5,38-44-14-9-7-10-15-44)54(58)18-13-19-55-57(6,39-45-16-11-8-12-17-45)51-37-47(61(64)65)25-31-53(51)59(55)35-33-43-22-28-49(29-23-43)67-41(3)4/h7-31,36-37,40-41H,32-35,38-39H2,1-6H3/q+1. The van der Waals surface area contributed by atoms with E-state index in [0.717, 1.165) is 80.5 Å². The molecule has 342 valence electrons. The second-order valence-electron chi connectivity index (χ2n) is 18.6. The fourth-order valence-corrected chi connectivity index (χ4v) is 9.90. The van der Waals surface area contributed by atoms with E-state index in [2.05, 4.69) is 90.1 Å². The molecule has 2 unspecified atom stereocenters. The lowest BCUT2D eigenvalue weighted by atomic mass is 9.74. The molecule has 10 nitrogen and oxygen atoms in total. The van der Waals surface area contributed by atoms with Crippen molar-refractivity contribution in [2.45, 2.75) is 90.3 Å². The van der Waals surface area contributed by atoms with Crippen LogP contribution in [0.1, 0.15) is 74.9 Å². The summed E-state index contributed by atoms with van der Waals surface area (Å²) in [5.41, 5.74) is 9.08. The number of nitrogens with zero attached hydrogens (tertiary/aromatic N) is 4. The third-order valence-electron chi connectivity index (χ3n) is 13.0. The van der Waals surface area contributed by atoms with Gasteiger partial charge in [-0.2, -0.15) is 4.58 Å². The summed E-state index contributed by atoms with van der Waals surface area (Å²) in [5.74, 6) is 1.64. The Morgan fingerprint density at radius 1 is 0.612 bits per heavy atom. The Labute approximate surface area is 393 Å². The summed E-state index contributed by atoms with van der Waals surface area (Å²) in [7, 11) is 0. The summed E-state index contributed by atoms with van der Waals surface area (Å²) in [6.45, 7) is 13.7. The maximum Gasteiger partial charge on any atom is 0.270 e. The number of benzene rings is 6. The highest BCUT2D eigenvalue weighted by Crippen LogP contribution is 2.51. The molecule has 0 aromatic heterocycles. The molecule has 0 saturated heterocycles. The van der Waals surface area contributed by atoms with Crippen LogP contribution in [0.2, 0.25) is 0 Å². The maximum absolute atomic E-state index is 12.3. The zero-order chi connectivity index (χ0) is 47.3. The van der Waals surface area contributed by atoms with E-state index in [1.807, 2.05) is 100 Å². The molecular formula is C57H59N4O6+. The topological polar surface area (TPSA) is 111 Å². The van der Waals surface area contributed by atoms with Crippen LogP contribution in [0.4, 0.5) is 22.7 Å². The highest BCUT2D eigenvalue weighted by Gasteiger charge is 2.49. The monoisotopic (exact) mass is 895 g/mol. The normalized spacial score (nSPS) is 18.3. The Kier molecular flexibility index (Phi) is 13.5. The Balaban J connectivity index is 1.26. The van der Waals surface area contributed by atoms with Gasteiger partial charge in [-0.1, -0.05) is 91.0 Å². The Bertz CT molecular complexity index is 2840. The average molecular weight is 896 g/mol. The quantitative estimate of drug-likeness (QED) is 0.0480. The smallest absolute Gasteiger partial charge is 0.270 e. The molecule has 2 atom stereocenters. The molecular weight excluding hydrogens is 837 g/mol. The van der Waals surface area contributed by atoms with Crippen LogP contribution in [0.3, 0.4) is 0 Å². The lowest BCUT2D eigenvalue weighted by Crippen LogP contribution is -2.34. The van der Waals surface area contributed by atoms with Gasteiger partial charge in [-0.3, -0.25) is 20.2 Å². The number of hydrogen-bond donors (Lipinski definition) is 0. The second-order valence-corrected chi connectivity index (χ2v) is 18.6. The first-order valence-electron chi connectivity index (χ1n) is 23.2. The molecule has 0 N–H and O–H groups in total. The molecule has 2 heterocycles. The first-order valence-corrected chi connectivity index (χ1v) is 23.2. The lowest BCUT2D eigenvalue weighted by molar-refractivity contribution is -0.437. The summed E-state index contributed by atoms with van der Waals surface area (Å²) in [6, 6.07) is 47.5. The molecule has 0 fully saturated rings. The number of allylic oxidation sites excluding steroid dienone is 4. The van der Waals surface area contributed by atoms with Crippen LogP contribution in [0.25, 0.3) is 0 Å². The van der Waals surface area contributed by atoms with E-state index in [1.165, 1.54) is 0 Å². The van der Waals surface area contributed by atoms with Crippen molar-refractivity contribution in [3.8, 4) is 11.5 Å². The molecule has 0 bridgehead atoms. The zero-order valence-corrected chi connectivity index (χ0v) is 39.2. The van der Waals surface area contributed by atoms with E-state index in [9.17, 15) is 20.2 Å². The number of anilines is 1. The van der Waals surface area contributed by atoms with E-state index >= 15 is 0 Å². The first kappa shape index (κ1) is 46.2. The van der Waals surface area contributed by atoms with Gasteiger partial charge in [0.1, 0.15) is 11.5 Å². The van der Waals surface area contributed by atoms with Crippen LogP contribution >= 0.6 is 0 Å². The Morgan fingerprint density at radius 2 is 1.12 bits per heavy atom. The number of hydrogen-bond acceptors (Lipinski definition) is 7. The highest BCUT2D eigenvalue weighted by atomic mass is 16.6. The van der Waals surface area contributed by atoms with Gasteiger partial charge in [-0.25, -0.2) is 0 Å². The van der Waals surface area contributed by atoms with Gasteiger partial charge in [-0.15, -0.1) is 0 Å². The fraction of sp³-hybridized carbons (Fsp3) is 0.281. The van der Waals surface area contributed by atoms with Gasteiger partial charge in [0.15, 0.2) is 12.3 Å². The zero-order valence-electron chi connectivity index (χ0n) is 39.2. The maximum atomic E-state index is 12.3. The molecule has 2 aliphatic rings. The SMILES string of the molecule is CC(C)Oc1ccc(CCN2/C(=C/C=C/C3=[N+](CCc4ccc(OC(C)C)cc4)c4ccc([N+](=O)[O-])cc4C3(C)Cc3ccccc3)C(C)(Cc3ccccc3)c3cc([N+](=O)[O-])ccc32)cc1. The van der Waals surface area contributed by atoms with Crippen molar-refractivity contribution < 1.29 is 23.9 Å². The van der Waals surface area contributed by atoms with Gasteiger partial charge >= 0.3 is 0 Å². The molecule has 0 aliphatic carbocycles. The average Bonchev–Trinajstić information content (AvgIpc) is 3.67. The molecule has 8 rings (SSSR count). The van der Waals surface area contributed by atoms with Crippen molar-refractivity contribution in [3.63, 3.8) is 0 Å². The van der Waals surface area contributed by atoms with Crippen molar-refractivity contribution in [2.24, 2.45) is 0 Å². The molecule has 0 radical (unpaired) electrons. The number of nitro benzene ring substituents is 2. The number of ether oxygens (including phenoxy) is 2. The van der Waals surface area contributed by atoms with Gasteiger partial charge in [-0.05, 0) is 125 Å². The molecule has 10 heteroatoms. The minimum Gasteiger partial charge on any atom is -0.491 e.